The standard InChI is InChI=1S/C39H46F4N4O/c1-8-9-27-10-11-32(24(7)34(27)35(44)22(4)5)47-37(30(21(2)3)19-25-17-28(40)20-29(41)18-25)46-36-33(38(47)48)23(6)16-31(45-36)26-12-14-39(42,43)15-13-26/h10-11,16-18,20-22,26,30,44H,8-9,12-15,19H2,1-7H3. The fourth-order valence-electron chi connectivity index (χ4n) is 7.18. The lowest BCUT2D eigenvalue weighted by Gasteiger charge is -2.29. The van der Waals surface area contributed by atoms with Gasteiger partial charge in [0.05, 0.1) is 11.1 Å². The maximum absolute atomic E-state index is 14.8. The van der Waals surface area contributed by atoms with Crippen molar-refractivity contribution in [2.45, 2.75) is 111 Å². The van der Waals surface area contributed by atoms with E-state index in [9.17, 15) is 22.4 Å². The van der Waals surface area contributed by atoms with Crippen LogP contribution in [0.1, 0.15) is 118 Å². The zero-order valence-corrected chi connectivity index (χ0v) is 29.0. The molecule has 5 nitrogen and oxygen atoms in total. The van der Waals surface area contributed by atoms with Crippen LogP contribution in [0.25, 0.3) is 16.7 Å². The van der Waals surface area contributed by atoms with Crippen molar-refractivity contribution in [3.63, 3.8) is 0 Å². The molecule has 1 unspecified atom stereocenters. The van der Waals surface area contributed by atoms with Crippen LogP contribution in [0.4, 0.5) is 17.6 Å². The molecular weight excluding hydrogens is 616 g/mol. The summed E-state index contributed by atoms with van der Waals surface area (Å²) in [6.45, 7) is 13.8. The molecule has 0 spiro atoms. The number of pyridine rings is 1. The van der Waals surface area contributed by atoms with Crippen molar-refractivity contribution < 1.29 is 17.6 Å². The van der Waals surface area contributed by atoms with E-state index in [1.54, 1.807) is 4.57 Å². The molecule has 2 aromatic carbocycles. The fourth-order valence-corrected chi connectivity index (χ4v) is 7.18. The summed E-state index contributed by atoms with van der Waals surface area (Å²) in [6, 6.07) is 9.16. The van der Waals surface area contributed by atoms with Crippen LogP contribution in [-0.2, 0) is 12.8 Å². The third-order valence-electron chi connectivity index (χ3n) is 9.86. The predicted molar refractivity (Wildman–Crippen MR) is 184 cm³/mol. The largest absolute Gasteiger partial charge is 0.304 e. The zero-order valence-electron chi connectivity index (χ0n) is 29.0. The van der Waals surface area contributed by atoms with Gasteiger partial charge in [0.25, 0.3) is 5.56 Å². The number of aromatic nitrogens is 3. The molecule has 1 fully saturated rings. The number of aryl methyl sites for hydroxylation is 2. The Morgan fingerprint density at radius 1 is 1.00 bits per heavy atom. The highest BCUT2D eigenvalue weighted by atomic mass is 19.3. The molecule has 0 saturated heterocycles. The summed E-state index contributed by atoms with van der Waals surface area (Å²) in [5.41, 5.74) is 5.37. The summed E-state index contributed by atoms with van der Waals surface area (Å²) in [4.78, 5) is 24.8. The molecule has 1 saturated carbocycles. The fraction of sp³-hybridized carbons (Fsp3) is 0.487. The third kappa shape index (κ3) is 7.10. The molecule has 48 heavy (non-hydrogen) atoms. The van der Waals surface area contributed by atoms with Gasteiger partial charge >= 0.3 is 0 Å². The summed E-state index contributed by atoms with van der Waals surface area (Å²) in [5, 5.41) is 9.37. The van der Waals surface area contributed by atoms with Crippen LogP contribution >= 0.6 is 0 Å². The Morgan fingerprint density at radius 3 is 2.23 bits per heavy atom. The van der Waals surface area contributed by atoms with Crippen molar-refractivity contribution in [2.24, 2.45) is 11.8 Å². The minimum Gasteiger partial charge on any atom is -0.304 e. The average Bonchev–Trinajstić information content (AvgIpc) is 2.99. The molecule has 1 atom stereocenters. The molecule has 5 rings (SSSR count). The smallest absolute Gasteiger partial charge is 0.267 e. The Labute approximate surface area is 280 Å². The normalized spacial score (nSPS) is 15.9. The molecule has 1 N–H and O–H groups in total. The van der Waals surface area contributed by atoms with Crippen LogP contribution in [0.5, 0.6) is 0 Å². The molecule has 0 radical (unpaired) electrons. The van der Waals surface area contributed by atoms with Crippen molar-refractivity contribution in [1.29, 1.82) is 5.41 Å². The number of nitrogens with zero attached hydrogens (tertiary/aromatic N) is 3. The van der Waals surface area contributed by atoms with Gasteiger partial charge in [-0.25, -0.2) is 27.5 Å². The highest BCUT2D eigenvalue weighted by molar-refractivity contribution is 6.02. The van der Waals surface area contributed by atoms with E-state index in [0.29, 0.717) is 52.3 Å². The highest BCUT2D eigenvalue weighted by Crippen LogP contribution is 2.41. The number of nitrogens with one attached hydrogen (secondary N) is 1. The van der Waals surface area contributed by atoms with Crippen LogP contribution < -0.4 is 5.56 Å². The van der Waals surface area contributed by atoms with Gasteiger partial charge in [0.15, 0.2) is 5.65 Å². The summed E-state index contributed by atoms with van der Waals surface area (Å²) in [7, 11) is 0. The number of fused-ring (bicyclic) bond motifs is 1. The van der Waals surface area contributed by atoms with Gasteiger partial charge in [-0.05, 0) is 97.9 Å². The first-order valence-corrected chi connectivity index (χ1v) is 17.1. The van der Waals surface area contributed by atoms with Crippen molar-refractivity contribution >= 4 is 16.7 Å². The van der Waals surface area contributed by atoms with Crippen molar-refractivity contribution in [2.75, 3.05) is 0 Å². The van der Waals surface area contributed by atoms with Crippen LogP contribution in [0.15, 0.2) is 41.2 Å². The van der Waals surface area contributed by atoms with Crippen LogP contribution in [0, 0.1) is 42.7 Å². The number of hydrogen-bond donors (Lipinski definition) is 1. The Balaban J connectivity index is 1.80. The second-order valence-electron chi connectivity index (χ2n) is 14.2. The van der Waals surface area contributed by atoms with Gasteiger partial charge in [0.1, 0.15) is 17.5 Å². The molecule has 1 aliphatic rings. The van der Waals surface area contributed by atoms with Crippen molar-refractivity contribution in [3.05, 3.63) is 97.7 Å². The molecule has 0 aliphatic heterocycles. The van der Waals surface area contributed by atoms with E-state index in [1.165, 1.54) is 12.1 Å². The monoisotopic (exact) mass is 662 g/mol. The first-order chi connectivity index (χ1) is 22.6. The van der Waals surface area contributed by atoms with E-state index in [4.69, 9.17) is 15.4 Å². The zero-order chi connectivity index (χ0) is 35.1. The molecular formula is C39H46F4N4O. The van der Waals surface area contributed by atoms with Gasteiger partial charge in [-0.2, -0.15) is 0 Å². The van der Waals surface area contributed by atoms with Gasteiger partial charge in [0, 0.05) is 47.7 Å². The first-order valence-electron chi connectivity index (χ1n) is 17.1. The summed E-state index contributed by atoms with van der Waals surface area (Å²) >= 11 is 0. The van der Waals surface area contributed by atoms with Gasteiger partial charge in [-0.3, -0.25) is 9.36 Å². The number of rotatable bonds is 10. The highest BCUT2D eigenvalue weighted by Gasteiger charge is 2.36. The predicted octanol–water partition coefficient (Wildman–Crippen LogP) is 9.93. The summed E-state index contributed by atoms with van der Waals surface area (Å²) in [5.74, 6) is -4.43. The summed E-state index contributed by atoms with van der Waals surface area (Å²) in [6.07, 6.45) is 2.05. The van der Waals surface area contributed by atoms with E-state index in [-0.39, 0.29) is 48.2 Å². The number of alkyl halides is 2. The minimum atomic E-state index is -2.68. The second kappa shape index (κ2) is 13.9. The molecule has 2 aromatic heterocycles. The van der Waals surface area contributed by atoms with E-state index in [0.717, 1.165) is 35.6 Å². The Bertz CT molecular complexity index is 1880. The molecule has 0 bridgehead atoms. The lowest BCUT2D eigenvalue weighted by Crippen LogP contribution is -2.30. The lowest BCUT2D eigenvalue weighted by molar-refractivity contribution is -0.0384. The lowest BCUT2D eigenvalue weighted by atomic mass is 9.84. The Kier molecular flexibility index (Phi) is 10.3. The van der Waals surface area contributed by atoms with E-state index >= 15 is 0 Å². The van der Waals surface area contributed by atoms with Gasteiger partial charge in [-0.15, -0.1) is 0 Å². The van der Waals surface area contributed by atoms with Crippen LogP contribution in [0.3, 0.4) is 0 Å². The van der Waals surface area contributed by atoms with E-state index in [2.05, 4.69) is 6.92 Å². The molecule has 0 amide bonds. The maximum Gasteiger partial charge on any atom is 0.267 e. The van der Waals surface area contributed by atoms with Crippen molar-refractivity contribution in [3.8, 4) is 5.69 Å². The molecule has 4 aromatic rings. The minimum absolute atomic E-state index is 0.0450. The average molecular weight is 663 g/mol. The quantitative estimate of drug-likeness (QED) is 0.136. The number of halogens is 4. The topological polar surface area (TPSA) is 71.6 Å². The van der Waals surface area contributed by atoms with E-state index < -0.39 is 23.5 Å². The second-order valence-corrected chi connectivity index (χ2v) is 14.2. The summed E-state index contributed by atoms with van der Waals surface area (Å²) < 4.78 is 58.4. The third-order valence-corrected chi connectivity index (χ3v) is 9.86. The SMILES string of the molecule is CCCc1ccc(-n2c(C(Cc3cc(F)cc(F)c3)C(C)C)nc3nc(C4CCC(F)(F)CC4)cc(C)c3c2=O)c(C)c1C(=N)C(C)C. The van der Waals surface area contributed by atoms with Crippen LogP contribution in [0.2, 0.25) is 0 Å². The maximum atomic E-state index is 14.8. The van der Waals surface area contributed by atoms with Gasteiger partial charge in [-0.1, -0.05) is 47.1 Å². The molecule has 256 valence electrons. The molecule has 9 heteroatoms. The van der Waals surface area contributed by atoms with Gasteiger partial charge in [0.2, 0.25) is 5.92 Å². The van der Waals surface area contributed by atoms with Crippen molar-refractivity contribution in [1.82, 2.24) is 14.5 Å². The van der Waals surface area contributed by atoms with Gasteiger partial charge < -0.3 is 5.41 Å². The molecule has 1 aliphatic carbocycles. The van der Waals surface area contributed by atoms with Crippen LogP contribution in [-0.4, -0.2) is 26.2 Å². The Morgan fingerprint density at radius 2 is 1.65 bits per heavy atom. The molecule has 2 heterocycles. The first kappa shape index (κ1) is 35.4. The number of hydrogen-bond acceptors (Lipinski definition) is 4. The number of benzene rings is 2. The Hall–Kier alpha value is -3.88. The van der Waals surface area contributed by atoms with E-state index in [1.807, 2.05) is 59.7 Å².